The zero-order valence-electron chi connectivity index (χ0n) is 10.9. The second-order valence-electron chi connectivity index (χ2n) is 4.94. The van der Waals surface area contributed by atoms with Gasteiger partial charge in [0.2, 0.25) is 18.4 Å². The van der Waals surface area contributed by atoms with E-state index in [1.54, 1.807) is 6.07 Å². The van der Waals surface area contributed by atoms with Crippen LogP contribution in [0.3, 0.4) is 0 Å². The highest BCUT2D eigenvalue weighted by Gasteiger charge is 2.28. The number of hydrogen-bond donors (Lipinski definition) is 1. The summed E-state index contributed by atoms with van der Waals surface area (Å²) in [5.41, 5.74) is 1.01. The molecular formula is C14H17NO4. The van der Waals surface area contributed by atoms with Crippen LogP contribution < -0.4 is 9.47 Å². The van der Waals surface area contributed by atoms with Crippen LogP contribution in [0.1, 0.15) is 31.2 Å². The van der Waals surface area contributed by atoms with E-state index in [4.69, 9.17) is 9.47 Å². The average molecular weight is 263 g/mol. The molecule has 2 aliphatic rings. The Hall–Kier alpha value is -1.91. The van der Waals surface area contributed by atoms with Crippen molar-refractivity contribution >= 4 is 5.91 Å². The number of hydrogen-bond acceptors (Lipinski definition) is 4. The Morgan fingerprint density at radius 3 is 3.05 bits per heavy atom. The lowest BCUT2D eigenvalue weighted by Gasteiger charge is -2.32. The molecule has 0 radical (unpaired) electrons. The molecule has 1 fully saturated rings. The molecule has 0 unspecified atom stereocenters. The molecule has 1 atom stereocenters. The van der Waals surface area contributed by atoms with Crippen LogP contribution in [0.25, 0.3) is 0 Å². The Labute approximate surface area is 111 Å². The first-order valence-electron chi connectivity index (χ1n) is 6.59. The predicted octanol–water partition coefficient (Wildman–Crippen LogP) is 1.85. The first-order chi connectivity index (χ1) is 9.19. The molecule has 1 amide bonds. The Kier molecular flexibility index (Phi) is 2.97. The molecule has 5 nitrogen and oxygen atoms in total. The highest BCUT2D eigenvalue weighted by Crippen LogP contribution is 2.43. The van der Waals surface area contributed by atoms with Crippen LogP contribution in [0.15, 0.2) is 12.1 Å². The maximum atomic E-state index is 11.7. The summed E-state index contributed by atoms with van der Waals surface area (Å²) in [6.45, 7) is 3.56. The molecule has 2 heterocycles. The standard InChI is InChI=1S/C14H17NO4/c1-2-15-7-9(3-4-13(15)17)10-5-11(16)14-12(6-10)18-8-19-14/h5-6,9,16H,2-4,7-8H2,1H3/t9-/m1/s1. The molecule has 0 bridgehead atoms. The van der Waals surface area contributed by atoms with Gasteiger partial charge in [-0.1, -0.05) is 0 Å². The van der Waals surface area contributed by atoms with Crippen molar-refractivity contribution in [1.29, 1.82) is 0 Å². The number of likely N-dealkylation sites (N-methyl/N-ethyl adjacent to an activating group) is 1. The Morgan fingerprint density at radius 1 is 1.42 bits per heavy atom. The molecule has 3 rings (SSSR count). The van der Waals surface area contributed by atoms with Crippen molar-refractivity contribution in [3.05, 3.63) is 17.7 Å². The fourth-order valence-corrected chi connectivity index (χ4v) is 2.74. The van der Waals surface area contributed by atoms with Gasteiger partial charge < -0.3 is 19.5 Å². The maximum absolute atomic E-state index is 11.7. The number of ether oxygens (including phenoxy) is 2. The van der Waals surface area contributed by atoms with Crippen LogP contribution in [-0.4, -0.2) is 35.8 Å². The van der Waals surface area contributed by atoms with Crippen molar-refractivity contribution < 1.29 is 19.4 Å². The number of nitrogens with zero attached hydrogens (tertiary/aromatic N) is 1. The summed E-state index contributed by atoms with van der Waals surface area (Å²) in [5.74, 6) is 1.59. The molecule has 0 aliphatic carbocycles. The van der Waals surface area contributed by atoms with Gasteiger partial charge in [-0.25, -0.2) is 0 Å². The topological polar surface area (TPSA) is 59.0 Å². The number of fused-ring (bicyclic) bond motifs is 1. The summed E-state index contributed by atoms with van der Waals surface area (Å²) in [6.07, 6.45) is 1.38. The van der Waals surface area contributed by atoms with Crippen LogP contribution in [-0.2, 0) is 4.79 Å². The van der Waals surface area contributed by atoms with Crippen molar-refractivity contribution in [3.8, 4) is 17.2 Å². The van der Waals surface area contributed by atoms with Crippen molar-refractivity contribution in [3.63, 3.8) is 0 Å². The van der Waals surface area contributed by atoms with Gasteiger partial charge in [-0.15, -0.1) is 0 Å². The zero-order chi connectivity index (χ0) is 13.4. The smallest absolute Gasteiger partial charge is 0.231 e. The molecule has 0 saturated carbocycles. The number of likely N-dealkylation sites (tertiary alicyclic amines) is 1. The maximum Gasteiger partial charge on any atom is 0.231 e. The first kappa shape index (κ1) is 12.1. The van der Waals surface area contributed by atoms with Gasteiger partial charge in [0, 0.05) is 25.4 Å². The average Bonchev–Trinajstić information content (AvgIpc) is 2.88. The minimum atomic E-state index is 0.116. The second-order valence-corrected chi connectivity index (χ2v) is 4.94. The van der Waals surface area contributed by atoms with E-state index >= 15 is 0 Å². The van der Waals surface area contributed by atoms with Crippen LogP contribution in [0.5, 0.6) is 17.2 Å². The summed E-state index contributed by atoms with van der Waals surface area (Å²) in [6, 6.07) is 3.64. The second kappa shape index (κ2) is 4.64. The summed E-state index contributed by atoms with van der Waals surface area (Å²) in [7, 11) is 0. The van der Waals surface area contributed by atoms with E-state index in [1.807, 2.05) is 17.9 Å². The number of phenols is 1. The minimum absolute atomic E-state index is 0.116. The summed E-state index contributed by atoms with van der Waals surface area (Å²) < 4.78 is 10.5. The van der Waals surface area contributed by atoms with Gasteiger partial charge >= 0.3 is 0 Å². The lowest BCUT2D eigenvalue weighted by molar-refractivity contribution is -0.133. The van der Waals surface area contributed by atoms with E-state index in [0.717, 1.165) is 18.5 Å². The van der Waals surface area contributed by atoms with E-state index in [-0.39, 0.29) is 24.4 Å². The molecule has 0 spiro atoms. The zero-order valence-corrected chi connectivity index (χ0v) is 10.9. The SMILES string of the molecule is CCN1C[C@H](c2cc(O)c3c(c2)OCO3)CCC1=O. The molecule has 102 valence electrons. The third-order valence-electron chi connectivity index (χ3n) is 3.83. The Bertz CT molecular complexity index is 514. The fraction of sp³-hybridized carbons (Fsp3) is 0.500. The number of carbonyl (C=O) groups is 1. The molecule has 1 saturated heterocycles. The Morgan fingerprint density at radius 2 is 2.26 bits per heavy atom. The summed E-state index contributed by atoms with van der Waals surface area (Å²) >= 11 is 0. The molecule has 1 aromatic carbocycles. The van der Waals surface area contributed by atoms with Crippen molar-refractivity contribution in [2.75, 3.05) is 19.9 Å². The van der Waals surface area contributed by atoms with Gasteiger partial charge in [-0.2, -0.15) is 0 Å². The molecule has 0 aromatic heterocycles. The van der Waals surface area contributed by atoms with Gasteiger partial charge in [0.1, 0.15) is 0 Å². The largest absolute Gasteiger partial charge is 0.504 e. The van der Waals surface area contributed by atoms with E-state index in [2.05, 4.69) is 0 Å². The third kappa shape index (κ3) is 2.09. The van der Waals surface area contributed by atoms with E-state index < -0.39 is 0 Å². The normalized spacial score (nSPS) is 21.8. The van der Waals surface area contributed by atoms with Gasteiger partial charge in [-0.05, 0) is 31.0 Å². The summed E-state index contributed by atoms with van der Waals surface area (Å²) in [5, 5.41) is 9.93. The number of carbonyl (C=O) groups excluding carboxylic acids is 1. The molecule has 19 heavy (non-hydrogen) atoms. The molecule has 2 aliphatic heterocycles. The lowest BCUT2D eigenvalue weighted by atomic mass is 9.90. The number of aromatic hydroxyl groups is 1. The van der Waals surface area contributed by atoms with E-state index in [9.17, 15) is 9.90 Å². The first-order valence-corrected chi connectivity index (χ1v) is 6.59. The number of rotatable bonds is 2. The number of benzene rings is 1. The Balaban J connectivity index is 1.86. The monoisotopic (exact) mass is 263 g/mol. The van der Waals surface area contributed by atoms with Gasteiger partial charge in [0.15, 0.2) is 11.5 Å². The molecule has 1 N–H and O–H groups in total. The molecular weight excluding hydrogens is 246 g/mol. The van der Waals surface area contributed by atoms with Gasteiger partial charge in [0.05, 0.1) is 0 Å². The van der Waals surface area contributed by atoms with Crippen molar-refractivity contribution in [2.24, 2.45) is 0 Å². The summed E-state index contributed by atoms with van der Waals surface area (Å²) in [4.78, 5) is 13.5. The van der Waals surface area contributed by atoms with Crippen LogP contribution in [0.2, 0.25) is 0 Å². The van der Waals surface area contributed by atoms with Crippen molar-refractivity contribution in [1.82, 2.24) is 4.90 Å². The van der Waals surface area contributed by atoms with E-state index in [1.165, 1.54) is 0 Å². The van der Waals surface area contributed by atoms with Crippen LogP contribution in [0, 0.1) is 0 Å². The quantitative estimate of drug-likeness (QED) is 0.884. The van der Waals surface area contributed by atoms with Crippen molar-refractivity contribution in [2.45, 2.75) is 25.7 Å². The minimum Gasteiger partial charge on any atom is -0.504 e. The third-order valence-corrected chi connectivity index (χ3v) is 3.83. The molecule has 5 heteroatoms. The van der Waals surface area contributed by atoms with Crippen LogP contribution in [0.4, 0.5) is 0 Å². The predicted molar refractivity (Wildman–Crippen MR) is 68.5 cm³/mol. The number of phenolic OH excluding ortho intramolecular Hbond substituents is 1. The highest BCUT2D eigenvalue weighted by atomic mass is 16.7. The van der Waals surface area contributed by atoms with E-state index in [0.29, 0.717) is 24.5 Å². The number of amides is 1. The van der Waals surface area contributed by atoms with Gasteiger partial charge in [-0.3, -0.25) is 4.79 Å². The molecule has 1 aromatic rings. The van der Waals surface area contributed by atoms with Gasteiger partial charge in [0.25, 0.3) is 0 Å². The number of piperidine rings is 1. The van der Waals surface area contributed by atoms with Crippen LogP contribution >= 0.6 is 0 Å². The fourth-order valence-electron chi connectivity index (χ4n) is 2.74. The highest BCUT2D eigenvalue weighted by molar-refractivity contribution is 5.77. The lowest BCUT2D eigenvalue weighted by Crippen LogP contribution is -2.38.